The van der Waals surface area contributed by atoms with E-state index in [9.17, 15) is 58.1 Å². The summed E-state index contributed by atoms with van der Waals surface area (Å²) in [6, 6.07) is 52.8. The lowest BCUT2D eigenvalue weighted by Gasteiger charge is -2.26. The van der Waals surface area contributed by atoms with Crippen molar-refractivity contribution in [2.45, 2.75) is 84.8 Å². The Morgan fingerprint density at radius 1 is 0.438 bits per heavy atom. The van der Waals surface area contributed by atoms with Crippen LogP contribution in [0.25, 0.3) is 32.7 Å². The SMILES string of the molecule is CC(C(=O)Nc1ccc(S(=O)(=O)Nc2nccs2)cc1)N1CCc2cc(Cl)ccc21.CC(C(=O)Nc1ccc(S(=O)(=O)Nc2nccs2)cc1)n1cc(C#N)c2ccccc21.CC(C(=O)Nc1ccc(S(=O)(=O)Nc2nccs2)cc1)n1ccc2cccc(Cl)c21.Cc1ccc2c(ccn2C(C)C(=O)Nc2ccc(S(=O)(=O)Nc3nccs3)cc2)c1. The van der Waals surface area contributed by atoms with Crippen molar-refractivity contribution in [1.29, 1.82) is 5.26 Å². The third-order valence-corrected chi connectivity index (χ3v) is 28.2. The number of hydrogen-bond acceptors (Lipinski definition) is 22. The predicted octanol–water partition coefficient (Wildman–Crippen LogP) is 17.1. The highest BCUT2D eigenvalue weighted by molar-refractivity contribution is 7.94. The first-order valence-electron chi connectivity index (χ1n) is 36.6. The maximum atomic E-state index is 12.8. The molecule has 16 rings (SSSR count). The van der Waals surface area contributed by atoms with Crippen LogP contribution in [0.4, 0.5) is 49.0 Å². The minimum Gasteiger partial charge on any atom is -0.359 e. The third-order valence-electron chi connectivity index (χ3n) is 19.0. The van der Waals surface area contributed by atoms with E-state index in [1.54, 1.807) is 88.6 Å². The fourth-order valence-corrected chi connectivity index (χ4v) is 20.3. The highest BCUT2D eigenvalue weighted by Gasteiger charge is 2.30. The van der Waals surface area contributed by atoms with E-state index < -0.39 is 58.2 Å². The first-order valence-corrected chi connectivity index (χ1v) is 46.8. The zero-order chi connectivity index (χ0) is 85.9. The molecule has 8 aromatic carbocycles. The van der Waals surface area contributed by atoms with E-state index in [-0.39, 0.29) is 54.4 Å². The monoisotopic (exact) mass is 1810 g/mol. The number of carbonyl (C=O) groups excluding carboxylic acids is 4. The highest BCUT2D eigenvalue weighted by Crippen LogP contribution is 2.35. The Morgan fingerprint density at radius 2 is 0.843 bits per heavy atom. The van der Waals surface area contributed by atoms with Crippen LogP contribution in [0.3, 0.4) is 0 Å². The molecule has 4 atom stereocenters. The molecule has 620 valence electrons. The lowest BCUT2D eigenvalue weighted by molar-refractivity contribution is -0.119. The molecule has 4 unspecified atom stereocenters. The molecule has 0 saturated carbocycles. The van der Waals surface area contributed by atoms with Gasteiger partial charge in [0.1, 0.15) is 30.2 Å². The van der Waals surface area contributed by atoms with Crippen molar-refractivity contribution in [3.63, 3.8) is 0 Å². The van der Waals surface area contributed by atoms with Crippen LogP contribution in [-0.4, -0.2) is 104 Å². The summed E-state index contributed by atoms with van der Waals surface area (Å²) in [6.45, 7) is 9.95. The fraction of sp³-hybridized carbons (Fsp3) is 0.134. The van der Waals surface area contributed by atoms with Crippen LogP contribution in [0.1, 0.15) is 62.5 Å². The van der Waals surface area contributed by atoms with E-state index in [0.29, 0.717) is 53.8 Å². The Labute approximate surface area is 721 Å². The quantitative estimate of drug-likeness (QED) is 0.0278. The largest absolute Gasteiger partial charge is 0.359 e. The smallest absolute Gasteiger partial charge is 0.263 e. The Kier molecular flexibility index (Phi) is 26.8. The van der Waals surface area contributed by atoms with Gasteiger partial charge in [0, 0.05) is 121 Å². The molecule has 0 saturated heterocycles. The number of amides is 4. The number of carbonyl (C=O) groups is 4. The number of benzene rings is 8. The summed E-state index contributed by atoms with van der Waals surface area (Å²) in [5.41, 5.74) is 8.36. The molecule has 0 fully saturated rings. The minimum atomic E-state index is -3.76. The molecule has 7 aromatic heterocycles. The maximum Gasteiger partial charge on any atom is 0.263 e. The second-order valence-corrected chi connectivity index (χ2v) is 38.2. The van der Waals surface area contributed by atoms with Crippen molar-refractivity contribution < 1.29 is 52.8 Å². The molecular formula is C82H73Cl2N17O12S8. The van der Waals surface area contributed by atoms with Gasteiger partial charge in [-0.05, 0) is 204 Å². The van der Waals surface area contributed by atoms with Gasteiger partial charge in [0.2, 0.25) is 23.6 Å². The average Bonchev–Trinajstić information content (AvgIpc) is 1.66. The van der Waals surface area contributed by atoms with Crippen molar-refractivity contribution in [3.8, 4) is 6.07 Å². The topological polar surface area (TPSA) is 394 Å². The predicted molar refractivity (Wildman–Crippen MR) is 478 cm³/mol. The molecule has 0 bridgehead atoms. The molecule has 39 heteroatoms. The van der Waals surface area contributed by atoms with E-state index in [2.05, 4.69) is 72.2 Å². The van der Waals surface area contributed by atoms with Gasteiger partial charge in [0.25, 0.3) is 40.1 Å². The maximum absolute atomic E-state index is 12.8. The number of nitrogens with one attached hydrogen (secondary N) is 8. The second kappa shape index (κ2) is 37.5. The number of anilines is 9. The van der Waals surface area contributed by atoms with Gasteiger partial charge in [-0.25, -0.2) is 53.6 Å². The number of aromatic nitrogens is 7. The van der Waals surface area contributed by atoms with Crippen LogP contribution < -0.4 is 45.1 Å². The summed E-state index contributed by atoms with van der Waals surface area (Å²) in [5, 5.41) is 32.6. The number of para-hydroxylation sites is 2. The summed E-state index contributed by atoms with van der Waals surface area (Å²) >= 11 is 17.1. The van der Waals surface area contributed by atoms with Gasteiger partial charge in [-0.15, -0.1) is 45.3 Å². The number of nitriles is 1. The highest BCUT2D eigenvalue weighted by atomic mass is 35.5. The summed E-state index contributed by atoms with van der Waals surface area (Å²) in [6.07, 6.45) is 12.3. The first-order chi connectivity index (χ1) is 57.9. The lowest BCUT2D eigenvalue weighted by Crippen LogP contribution is -2.41. The van der Waals surface area contributed by atoms with Crippen molar-refractivity contribution in [2.75, 3.05) is 51.6 Å². The number of sulfonamides is 4. The number of aryl methyl sites for hydroxylation is 1. The van der Waals surface area contributed by atoms with E-state index in [4.69, 9.17) is 23.2 Å². The molecule has 0 radical (unpaired) electrons. The third kappa shape index (κ3) is 20.9. The van der Waals surface area contributed by atoms with Crippen LogP contribution in [0.2, 0.25) is 10.0 Å². The number of fused-ring (bicyclic) bond motifs is 4. The Morgan fingerprint density at radius 3 is 1.27 bits per heavy atom. The van der Waals surface area contributed by atoms with Crippen molar-refractivity contribution in [1.82, 2.24) is 33.6 Å². The zero-order valence-electron chi connectivity index (χ0n) is 64.4. The summed E-state index contributed by atoms with van der Waals surface area (Å²) in [4.78, 5) is 69.1. The van der Waals surface area contributed by atoms with Crippen molar-refractivity contribution in [2.24, 2.45) is 0 Å². The molecule has 1 aliphatic heterocycles. The van der Waals surface area contributed by atoms with Gasteiger partial charge in [0.05, 0.1) is 41.2 Å². The van der Waals surface area contributed by atoms with E-state index in [1.165, 1.54) is 131 Å². The first kappa shape index (κ1) is 86.5. The van der Waals surface area contributed by atoms with Crippen LogP contribution in [0, 0.1) is 18.3 Å². The van der Waals surface area contributed by atoms with Gasteiger partial charge in [0.15, 0.2) is 20.5 Å². The van der Waals surface area contributed by atoms with Gasteiger partial charge >= 0.3 is 0 Å². The average molecular weight is 1820 g/mol. The molecule has 0 aliphatic carbocycles. The molecule has 8 heterocycles. The number of nitrogens with zero attached hydrogens (tertiary/aromatic N) is 9. The van der Waals surface area contributed by atoms with Crippen molar-refractivity contribution in [3.05, 3.63) is 280 Å². The van der Waals surface area contributed by atoms with Crippen molar-refractivity contribution >= 4 is 214 Å². The minimum absolute atomic E-state index is 0.0591. The number of halogens is 2. The normalized spacial score (nSPS) is 12.9. The van der Waals surface area contributed by atoms with Crippen LogP contribution >= 0.6 is 68.5 Å². The molecule has 4 amide bonds. The summed E-state index contributed by atoms with van der Waals surface area (Å²) in [7, 11) is -15.0. The summed E-state index contributed by atoms with van der Waals surface area (Å²) < 4.78 is 114. The van der Waals surface area contributed by atoms with Gasteiger partial charge < -0.3 is 39.9 Å². The standard InChI is InChI=1S/C21H17N5O3S2.C21H20N4O3S2.C20H19ClN4O3S2.C20H17ClN4O3S2/c1-14(26-13-15(12-22)18-4-2-3-5-19(18)26)20(27)24-16-6-8-17(9-7-16)31(28,29)25-21-23-10-11-30-21;1-14-3-8-19-16(13-14)9-11-25(19)15(2)20(26)23-17-4-6-18(7-5-17)30(27,28)24-21-22-10-12-29-21;1-13(25-10-8-14-12-15(21)2-7-18(14)25)19(26)23-16-3-5-17(6-4-16)30(27,28)24-20-22-9-11-29-20;1-13(25-11-9-14-3-2-4-17(21)18(14)25)19(26)23-15-5-7-16(8-6-15)30(27,28)24-20-22-10-12-29-20/h2-11,13-14H,1H3,(H,23,25)(H,24,27);3-13,15H,1-2H3,(H,22,24)(H,23,26);2-7,9,11-13H,8,10H2,1H3,(H,22,24)(H,23,26);2-13H,1H3,(H,22,24)(H,23,26). The molecular weight excluding hydrogens is 1740 g/mol. The van der Waals surface area contributed by atoms with Gasteiger partial charge in [-0.2, -0.15) is 5.26 Å². The lowest BCUT2D eigenvalue weighted by atomic mass is 10.1. The van der Waals surface area contributed by atoms with E-state index in [1.807, 2.05) is 126 Å². The Bertz CT molecular complexity index is 6780. The van der Waals surface area contributed by atoms with Gasteiger partial charge in [-0.3, -0.25) is 38.1 Å². The number of thiazole rings is 4. The van der Waals surface area contributed by atoms with Crippen LogP contribution in [0.15, 0.2) is 273 Å². The molecule has 8 N–H and O–H groups in total. The Hall–Kier alpha value is -12.4. The number of rotatable bonds is 24. The van der Waals surface area contributed by atoms with Crippen LogP contribution in [0.5, 0.6) is 0 Å². The molecule has 1 aliphatic rings. The summed E-state index contributed by atoms with van der Waals surface area (Å²) in [5.74, 6) is -0.899. The van der Waals surface area contributed by atoms with Gasteiger partial charge in [-0.1, -0.05) is 65.2 Å². The fourth-order valence-electron chi connectivity index (χ4n) is 12.7. The molecule has 121 heavy (non-hydrogen) atoms. The van der Waals surface area contributed by atoms with E-state index in [0.717, 1.165) is 62.5 Å². The molecule has 15 aromatic rings. The Balaban J connectivity index is 0.000000139. The van der Waals surface area contributed by atoms with Crippen LogP contribution in [-0.2, 0) is 65.7 Å². The molecule has 29 nitrogen and oxygen atoms in total. The second-order valence-electron chi connectivity index (χ2n) is 27.0. The van der Waals surface area contributed by atoms with E-state index >= 15 is 0 Å². The molecule has 0 spiro atoms. The zero-order valence-corrected chi connectivity index (χ0v) is 72.5. The number of hydrogen-bond donors (Lipinski definition) is 8.